The average Bonchev–Trinajstić information content (AvgIpc) is 3.06. The zero-order valence-electron chi connectivity index (χ0n) is 13.6. The van der Waals surface area contributed by atoms with Crippen molar-refractivity contribution in [3.63, 3.8) is 0 Å². The Hall–Kier alpha value is -1.44. The maximum atomic E-state index is 12.4. The average molecular weight is 325 g/mol. The Morgan fingerprint density at radius 2 is 2.00 bits per heavy atom. The van der Waals surface area contributed by atoms with E-state index in [1.165, 1.54) is 13.8 Å². The van der Waals surface area contributed by atoms with Crippen molar-refractivity contribution in [3.8, 4) is 0 Å². The van der Waals surface area contributed by atoms with E-state index in [4.69, 9.17) is 9.47 Å². The van der Waals surface area contributed by atoms with E-state index in [0.29, 0.717) is 6.42 Å². The van der Waals surface area contributed by atoms with Crippen LogP contribution < -0.4 is 0 Å². The lowest BCUT2D eigenvalue weighted by molar-refractivity contribution is -0.205. The molecule has 0 aromatic carbocycles. The second-order valence-corrected chi connectivity index (χ2v) is 7.00. The van der Waals surface area contributed by atoms with Crippen molar-refractivity contribution < 1.29 is 29.3 Å². The van der Waals surface area contributed by atoms with Crippen molar-refractivity contribution in [3.05, 3.63) is 11.6 Å². The zero-order valence-corrected chi connectivity index (χ0v) is 13.6. The van der Waals surface area contributed by atoms with Gasteiger partial charge >= 0.3 is 11.9 Å². The molecule has 3 rings (SSSR count). The van der Waals surface area contributed by atoms with Gasteiger partial charge in [-0.2, -0.15) is 0 Å². The second kappa shape index (κ2) is 5.29. The Labute approximate surface area is 134 Å². The van der Waals surface area contributed by atoms with Crippen LogP contribution in [0.1, 0.15) is 27.2 Å². The van der Waals surface area contributed by atoms with E-state index in [-0.39, 0.29) is 18.8 Å². The maximum Gasteiger partial charge on any atom is 0.341 e. The Balaban J connectivity index is 1.97. The number of ether oxygens (including phenoxy) is 2. The molecule has 2 fully saturated rings. The summed E-state index contributed by atoms with van der Waals surface area (Å²) in [6.45, 7) is 5.41. The molecule has 0 aromatic heterocycles. The maximum absolute atomic E-state index is 12.4. The van der Waals surface area contributed by atoms with Gasteiger partial charge in [0, 0.05) is 13.1 Å². The highest BCUT2D eigenvalue weighted by atomic mass is 16.6. The fourth-order valence-electron chi connectivity index (χ4n) is 3.52. The molecule has 0 aromatic rings. The summed E-state index contributed by atoms with van der Waals surface area (Å²) in [4.78, 5) is 26.9. The van der Waals surface area contributed by atoms with Crippen molar-refractivity contribution in [2.75, 3.05) is 19.7 Å². The summed E-state index contributed by atoms with van der Waals surface area (Å²) in [5.74, 6) is -2.65. The summed E-state index contributed by atoms with van der Waals surface area (Å²) >= 11 is 0. The molecule has 3 aliphatic rings. The number of carbonyl (C=O) groups excluding carboxylic acids is 2. The third-order valence-electron chi connectivity index (χ3n) is 5.63. The van der Waals surface area contributed by atoms with Gasteiger partial charge in [0.15, 0.2) is 5.60 Å². The predicted molar refractivity (Wildman–Crippen MR) is 79.3 cm³/mol. The van der Waals surface area contributed by atoms with Gasteiger partial charge in [0.25, 0.3) is 0 Å². The standard InChI is InChI=1S/C16H23NO6/c1-9-13(18)23-11-5-7-17-6-4-10(12(11)17)8-22-14(19)16(3,21)15(9,2)20/h4,9,11-12,20-21H,5-8H2,1-3H3/t9-,11+,12+,15+,16+/m0/s1. The van der Waals surface area contributed by atoms with Crippen LogP contribution in [0.15, 0.2) is 11.6 Å². The number of hydrogen-bond donors (Lipinski definition) is 2. The molecule has 0 saturated carbocycles. The van der Waals surface area contributed by atoms with E-state index in [1.807, 2.05) is 6.08 Å². The highest BCUT2D eigenvalue weighted by Crippen LogP contribution is 2.36. The van der Waals surface area contributed by atoms with Gasteiger partial charge in [-0.25, -0.2) is 4.79 Å². The van der Waals surface area contributed by atoms with Gasteiger partial charge < -0.3 is 19.7 Å². The molecule has 7 heteroatoms. The van der Waals surface area contributed by atoms with Crippen molar-refractivity contribution in [2.24, 2.45) is 5.92 Å². The van der Waals surface area contributed by atoms with Crippen LogP contribution in [0.2, 0.25) is 0 Å². The third-order valence-corrected chi connectivity index (χ3v) is 5.63. The minimum atomic E-state index is -2.22. The lowest BCUT2D eigenvalue weighted by atomic mass is 9.76. The third kappa shape index (κ3) is 2.38. The molecule has 0 spiro atoms. The molecule has 3 aliphatic heterocycles. The van der Waals surface area contributed by atoms with E-state index >= 15 is 0 Å². The number of esters is 2. The first-order chi connectivity index (χ1) is 10.7. The molecule has 2 saturated heterocycles. The van der Waals surface area contributed by atoms with Gasteiger partial charge in [-0.15, -0.1) is 0 Å². The van der Waals surface area contributed by atoms with Crippen LogP contribution in [0.4, 0.5) is 0 Å². The number of carbonyl (C=O) groups is 2. The van der Waals surface area contributed by atoms with Crippen LogP contribution in [-0.4, -0.2) is 70.1 Å². The normalized spacial score (nSPS) is 44.9. The minimum absolute atomic E-state index is 0.0225. The van der Waals surface area contributed by atoms with Crippen molar-refractivity contribution >= 4 is 11.9 Å². The molecule has 2 N–H and O–H groups in total. The summed E-state index contributed by atoms with van der Waals surface area (Å²) in [6.07, 6.45) is 2.34. The van der Waals surface area contributed by atoms with Crippen LogP contribution in [0.25, 0.3) is 0 Å². The minimum Gasteiger partial charge on any atom is -0.460 e. The van der Waals surface area contributed by atoms with Crippen molar-refractivity contribution in [1.82, 2.24) is 4.90 Å². The molecule has 5 atom stereocenters. The first-order valence-electron chi connectivity index (χ1n) is 7.91. The molecule has 0 unspecified atom stereocenters. The highest BCUT2D eigenvalue weighted by molar-refractivity contribution is 5.83. The van der Waals surface area contributed by atoms with Crippen LogP contribution in [0.3, 0.4) is 0 Å². The summed E-state index contributed by atoms with van der Waals surface area (Å²) in [5.41, 5.74) is -3.35. The Morgan fingerprint density at radius 1 is 1.30 bits per heavy atom. The molecule has 3 heterocycles. The SMILES string of the molecule is C[C@H]1C(=O)O[C@@H]2CCN3CC=C(COC(=O)[C@@](C)(O)[C@]1(C)O)[C@H]23. The molecule has 128 valence electrons. The van der Waals surface area contributed by atoms with Crippen LogP contribution in [0, 0.1) is 5.92 Å². The van der Waals surface area contributed by atoms with Crippen LogP contribution in [0.5, 0.6) is 0 Å². The lowest BCUT2D eigenvalue weighted by Gasteiger charge is -2.39. The van der Waals surface area contributed by atoms with E-state index in [1.54, 1.807) is 0 Å². The molecule has 0 aliphatic carbocycles. The summed E-state index contributed by atoms with van der Waals surface area (Å²) in [7, 11) is 0. The van der Waals surface area contributed by atoms with E-state index < -0.39 is 29.1 Å². The van der Waals surface area contributed by atoms with Gasteiger partial charge in [-0.1, -0.05) is 6.08 Å². The quantitative estimate of drug-likeness (QED) is 0.462. The van der Waals surface area contributed by atoms with Crippen molar-refractivity contribution in [2.45, 2.75) is 50.5 Å². The van der Waals surface area contributed by atoms with Gasteiger partial charge in [-0.3, -0.25) is 9.69 Å². The smallest absolute Gasteiger partial charge is 0.341 e. The number of aliphatic hydroxyl groups is 2. The Kier molecular flexibility index (Phi) is 3.78. The van der Waals surface area contributed by atoms with Crippen molar-refractivity contribution in [1.29, 1.82) is 0 Å². The molecular formula is C16H23NO6. The van der Waals surface area contributed by atoms with Gasteiger partial charge in [0.2, 0.25) is 0 Å². The summed E-state index contributed by atoms with van der Waals surface area (Å²) < 4.78 is 10.8. The van der Waals surface area contributed by atoms with Gasteiger partial charge in [-0.05, 0) is 32.8 Å². The highest BCUT2D eigenvalue weighted by Gasteiger charge is 2.56. The number of cyclic esters (lactones) is 1. The molecular weight excluding hydrogens is 302 g/mol. The zero-order chi connectivity index (χ0) is 17.0. The van der Waals surface area contributed by atoms with Gasteiger partial charge in [0.05, 0.1) is 12.0 Å². The van der Waals surface area contributed by atoms with Gasteiger partial charge in [0.1, 0.15) is 18.3 Å². The monoisotopic (exact) mass is 325 g/mol. The fourth-order valence-corrected chi connectivity index (χ4v) is 3.52. The number of nitrogens with zero attached hydrogens (tertiary/aromatic N) is 1. The largest absolute Gasteiger partial charge is 0.460 e. The molecule has 23 heavy (non-hydrogen) atoms. The first kappa shape index (κ1) is 16.4. The lowest BCUT2D eigenvalue weighted by Crippen LogP contribution is -2.61. The Bertz CT molecular complexity index is 567. The second-order valence-electron chi connectivity index (χ2n) is 7.00. The van der Waals surface area contributed by atoms with E-state index in [0.717, 1.165) is 25.6 Å². The molecule has 0 amide bonds. The number of rotatable bonds is 0. The number of hydrogen-bond acceptors (Lipinski definition) is 7. The summed E-state index contributed by atoms with van der Waals surface area (Å²) in [6, 6.07) is -0.0908. The predicted octanol–water partition coefficient (Wildman–Crippen LogP) is -0.393. The molecule has 7 nitrogen and oxygen atoms in total. The molecule has 0 radical (unpaired) electrons. The molecule has 0 bridgehead atoms. The van der Waals surface area contributed by atoms with Crippen LogP contribution in [-0.2, 0) is 19.1 Å². The van der Waals surface area contributed by atoms with E-state index in [2.05, 4.69) is 4.90 Å². The first-order valence-corrected chi connectivity index (χ1v) is 7.91. The Morgan fingerprint density at radius 3 is 2.70 bits per heavy atom. The van der Waals surface area contributed by atoms with Crippen LogP contribution >= 0.6 is 0 Å². The fraction of sp³-hybridized carbons (Fsp3) is 0.750. The summed E-state index contributed by atoms with van der Waals surface area (Å²) in [5, 5.41) is 21.1. The van der Waals surface area contributed by atoms with E-state index in [9.17, 15) is 19.8 Å². The topological polar surface area (TPSA) is 96.3 Å².